The number of fused-ring (bicyclic) bond motifs is 1. The fourth-order valence-corrected chi connectivity index (χ4v) is 2.10. The topological polar surface area (TPSA) is 30.5 Å². The Morgan fingerprint density at radius 3 is 2.89 bits per heavy atom. The molecule has 0 aromatic heterocycles. The zero-order valence-corrected chi connectivity index (χ0v) is 10.9. The predicted molar refractivity (Wildman–Crippen MR) is 71.6 cm³/mol. The summed E-state index contributed by atoms with van der Waals surface area (Å²) in [6.45, 7) is 4.59. The predicted octanol–water partition coefficient (Wildman–Crippen LogP) is 2.87. The molecule has 0 saturated heterocycles. The normalized spacial score (nSPS) is 16.1. The van der Waals surface area contributed by atoms with Crippen LogP contribution in [0, 0.1) is 12.3 Å². The van der Waals surface area contributed by atoms with Crippen molar-refractivity contribution in [3.8, 4) is 23.8 Å². The molecule has 0 spiro atoms. The van der Waals surface area contributed by atoms with Gasteiger partial charge in [-0.05, 0) is 31.0 Å². The average Bonchev–Trinajstić information content (AvgIpc) is 2.85. The molecule has 18 heavy (non-hydrogen) atoms. The van der Waals surface area contributed by atoms with Crippen LogP contribution in [0.3, 0.4) is 0 Å². The Morgan fingerprint density at radius 2 is 2.17 bits per heavy atom. The lowest BCUT2D eigenvalue weighted by Gasteiger charge is -2.21. The summed E-state index contributed by atoms with van der Waals surface area (Å²) in [6, 6.07) is 6.65. The van der Waals surface area contributed by atoms with Crippen molar-refractivity contribution in [2.45, 2.75) is 38.8 Å². The Labute approximate surface area is 108 Å². The van der Waals surface area contributed by atoms with E-state index >= 15 is 0 Å². The Balaban J connectivity index is 2.04. The number of hydrogen-bond donors (Lipinski definition) is 1. The molecule has 1 aliphatic rings. The molecule has 0 aliphatic carbocycles. The van der Waals surface area contributed by atoms with Crippen LogP contribution in [-0.4, -0.2) is 12.8 Å². The third-order valence-electron chi connectivity index (χ3n) is 3.24. The third-order valence-corrected chi connectivity index (χ3v) is 3.24. The standard InChI is InChI=1S/C15H19NO2/c1-4-6-13(5-2)16-11(3)12-7-8-14-15(9-12)18-10-17-14/h1,7-9,11,13,16H,5-6,10H2,2-3H3. The number of benzene rings is 1. The van der Waals surface area contributed by atoms with Crippen LogP contribution < -0.4 is 14.8 Å². The second-order valence-corrected chi connectivity index (χ2v) is 4.51. The van der Waals surface area contributed by atoms with Crippen molar-refractivity contribution < 1.29 is 9.47 Å². The minimum absolute atomic E-state index is 0.248. The van der Waals surface area contributed by atoms with E-state index < -0.39 is 0 Å². The van der Waals surface area contributed by atoms with E-state index in [-0.39, 0.29) is 6.04 Å². The fraction of sp³-hybridized carbons (Fsp3) is 0.467. The van der Waals surface area contributed by atoms with Crippen LogP contribution in [0.2, 0.25) is 0 Å². The summed E-state index contributed by atoms with van der Waals surface area (Å²) < 4.78 is 10.7. The van der Waals surface area contributed by atoms with E-state index in [2.05, 4.69) is 31.2 Å². The van der Waals surface area contributed by atoms with Crippen molar-refractivity contribution in [2.24, 2.45) is 0 Å². The van der Waals surface area contributed by atoms with Gasteiger partial charge < -0.3 is 14.8 Å². The minimum Gasteiger partial charge on any atom is -0.454 e. The van der Waals surface area contributed by atoms with E-state index in [0.717, 1.165) is 24.3 Å². The molecule has 0 radical (unpaired) electrons. The number of nitrogens with one attached hydrogen (secondary N) is 1. The molecule has 0 saturated carbocycles. The fourth-order valence-electron chi connectivity index (χ4n) is 2.10. The molecular weight excluding hydrogens is 226 g/mol. The lowest BCUT2D eigenvalue weighted by atomic mass is 10.0. The van der Waals surface area contributed by atoms with Gasteiger partial charge in [0.1, 0.15) is 0 Å². The van der Waals surface area contributed by atoms with Gasteiger partial charge in [-0.2, -0.15) is 0 Å². The molecule has 2 rings (SSSR count). The van der Waals surface area contributed by atoms with Crippen LogP contribution in [0.25, 0.3) is 0 Å². The summed E-state index contributed by atoms with van der Waals surface area (Å²) >= 11 is 0. The Kier molecular flexibility index (Phi) is 4.11. The van der Waals surface area contributed by atoms with Crippen LogP contribution in [0.15, 0.2) is 18.2 Å². The molecule has 2 unspecified atom stereocenters. The number of terminal acetylenes is 1. The minimum atomic E-state index is 0.248. The Bertz CT molecular complexity index is 450. The van der Waals surface area contributed by atoms with Gasteiger partial charge >= 0.3 is 0 Å². The number of hydrogen-bond acceptors (Lipinski definition) is 3. The molecule has 1 heterocycles. The average molecular weight is 245 g/mol. The molecule has 1 aliphatic heterocycles. The van der Waals surface area contributed by atoms with Crippen molar-refractivity contribution in [2.75, 3.05) is 6.79 Å². The Hall–Kier alpha value is -1.66. The summed E-state index contributed by atoms with van der Waals surface area (Å²) in [5.74, 6) is 4.36. The van der Waals surface area contributed by atoms with Gasteiger partial charge in [0.15, 0.2) is 11.5 Å². The second-order valence-electron chi connectivity index (χ2n) is 4.51. The lowest BCUT2D eigenvalue weighted by Crippen LogP contribution is -2.30. The van der Waals surface area contributed by atoms with E-state index in [1.54, 1.807) is 0 Å². The molecule has 3 nitrogen and oxygen atoms in total. The van der Waals surface area contributed by atoms with E-state index in [0.29, 0.717) is 12.8 Å². The third kappa shape index (κ3) is 2.77. The monoisotopic (exact) mass is 245 g/mol. The van der Waals surface area contributed by atoms with Crippen LogP contribution in [0.4, 0.5) is 0 Å². The first kappa shape index (κ1) is 12.8. The molecule has 1 N–H and O–H groups in total. The number of rotatable bonds is 5. The van der Waals surface area contributed by atoms with Crippen molar-refractivity contribution in [1.29, 1.82) is 0 Å². The quantitative estimate of drug-likeness (QED) is 0.809. The maximum Gasteiger partial charge on any atom is 0.231 e. The van der Waals surface area contributed by atoms with Gasteiger partial charge in [-0.1, -0.05) is 13.0 Å². The molecule has 2 atom stereocenters. The number of ether oxygens (including phenoxy) is 2. The van der Waals surface area contributed by atoms with Crippen LogP contribution >= 0.6 is 0 Å². The van der Waals surface area contributed by atoms with Crippen LogP contribution in [-0.2, 0) is 0 Å². The maximum absolute atomic E-state index is 5.39. The highest BCUT2D eigenvalue weighted by molar-refractivity contribution is 5.45. The first-order valence-electron chi connectivity index (χ1n) is 6.33. The van der Waals surface area contributed by atoms with Crippen molar-refractivity contribution in [3.63, 3.8) is 0 Å². The molecule has 0 bridgehead atoms. The second kappa shape index (κ2) is 5.79. The Morgan fingerprint density at radius 1 is 1.39 bits per heavy atom. The van der Waals surface area contributed by atoms with Gasteiger partial charge in [-0.15, -0.1) is 12.3 Å². The zero-order valence-electron chi connectivity index (χ0n) is 10.9. The zero-order chi connectivity index (χ0) is 13.0. The maximum atomic E-state index is 5.39. The van der Waals surface area contributed by atoms with Crippen molar-refractivity contribution in [1.82, 2.24) is 5.32 Å². The van der Waals surface area contributed by atoms with E-state index in [4.69, 9.17) is 15.9 Å². The summed E-state index contributed by atoms with van der Waals surface area (Å²) in [4.78, 5) is 0. The van der Waals surface area contributed by atoms with Gasteiger partial charge in [-0.25, -0.2) is 0 Å². The smallest absolute Gasteiger partial charge is 0.231 e. The van der Waals surface area contributed by atoms with Gasteiger partial charge in [0.25, 0.3) is 0 Å². The summed E-state index contributed by atoms with van der Waals surface area (Å²) in [6.07, 6.45) is 7.15. The highest BCUT2D eigenvalue weighted by Gasteiger charge is 2.17. The van der Waals surface area contributed by atoms with Crippen molar-refractivity contribution >= 4 is 0 Å². The molecule has 0 fully saturated rings. The molecule has 96 valence electrons. The van der Waals surface area contributed by atoms with E-state index in [1.165, 1.54) is 5.56 Å². The largest absolute Gasteiger partial charge is 0.454 e. The highest BCUT2D eigenvalue weighted by Crippen LogP contribution is 2.34. The summed E-state index contributed by atoms with van der Waals surface area (Å²) in [5.41, 5.74) is 1.19. The molecule has 1 aromatic carbocycles. The van der Waals surface area contributed by atoms with E-state index in [1.807, 2.05) is 12.1 Å². The molecule has 3 heteroatoms. The molecular formula is C15H19NO2. The first-order chi connectivity index (χ1) is 8.74. The van der Waals surface area contributed by atoms with Gasteiger partial charge in [0, 0.05) is 18.5 Å². The first-order valence-corrected chi connectivity index (χ1v) is 6.33. The van der Waals surface area contributed by atoms with Gasteiger partial charge in [-0.3, -0.25) is 0 Å². The molecule has 1 aromatic rings. The van der Waals surface area contributed by atoms with Crippen molar-refractivity contribution in [3.05, 3.63) is 23.8 Å². The summed E-state index contributed by atoms with van der Waals surface area (Å²) in [7, 11) is 0. The van der Waals surface area contributed by atoms with E-state index in [9.17, 15) is 0 Å². The SMILES string of the molecule is C#CCC(CC)NC(C)c1ccc2c(c1)OCO2. The highest BCUT2D eigenvalue weighted by atomic mass is 16.7. The molecule has 0 amide bonds. The van der Waals surface area contributed by atoms with Crippen LogP contribution in [0.1, 0.15) is 38.3 Å². The van der Waals surface area contributed by atoms with Crippen LogP contribution in [0.5, 0.6) is 11.5 Å². The lowest BCUT2D eigenvalue weighted by molar-refractivity contribution is 0.174. The van der Waals surface area contributed by atoms with Gasteiger partial charge in [0.05, 0.1) is 0 Å². The van der Waals surface area contributed by atoms with Gasteiger partial charge in [0.2, 0.25) is 6.79 Å². The summed E-state index contributed by atoms with van der Waals surface area (Å²) in [5, 5.41) is 3.54.